The molecule has 2 aromatic rings. The van der Waals surface area contributed by atoms with Crippen LogP contribution in [-0.4, -0.2) is 22.8 Å². The van der Waals surface area contributed by atoms with E-state index < -0.39 is 17.1 Å². The molecule has 4 heteroatoms. The van der Waals surface area contributed by atoms with Crippen molar-refractivity contribution in [3.05, 3.63) is 58.9 Å². The molecule has 1 aliphatic heterocycles. The van der Waals surface area contributed by atoms with Crippen LogP contribution in [0.15, 0.2) is 36.4 Å². The minimum Gasteiger partial charge on any atom is -0.354 e. The van der Waals surface area contributed by atoms with Crippen LogP contribution in [-0.2, 0) is 20.7 Å². The van der Waals surface area contributed by atoms with Gasteiger partial charge in [0.05, 0.1) is 0 Å². The Morgan fingerprint density at radius 3 is 2.11 bits per heavy atom. The fourth-order valence-corrected chi connectivity index (χ4v) is 4.05. The first kappa shape index (κ1) is 20.4. The average Bonchev–Trinajstić information content (AvgIpc) is 2.60. The molecule has 1 heterocycles. The highest BCUT2D eigenvalue weighted by molar-refractivity contribution is 6.15. The topological polar surface area (TPSA) is 43.4 Å². The molecule has 28 heavy (non-hydrogen) atoms. The van der Waals surface area contributed by atoms with Crippen molar-refractivity contribution in [1.29, 1.82) is 0 Å². The molecule has 3 rings (SSSR count). The summed E-state index contributed by atoms with van der Waals surface area (Å²) in [4.78, 5) is 26.1. The lowest BCUT2D eigenvalue weighted by molar-refractivity contribution is -0.184. The number of benzene rings is 2. The van der Waals surface area contributed by atoms with Gasteiger partial charge >= 0.3 is 0 Å². The molecule has 0 spiro atoms. The Balaban J connectivity index is 2.12. The predicted octanol–water partition coefficient (Wildman–Crippen LogP) is 5.17. The van der Waals surface area contributed by atoms with E-state index in [2.05, 4.69) is 0 Å². The third-order valence-electron chi connectivity index (χ3n) is 5.49. The van der Waals surface area contributed by atoms with Crippen LogP contribution in [0.4, 0.5) is 4.39 Å². The molecule has 1 saturated heterocycles. The molecular weight excluding hydrogens is 355 g/mol. The van der Waals surface area contributed by atoms with Gasteiger partial charge in [0.2, 0.25) is 0 Å². The largest absolute Gasteiger partial charge is 0.354 e. The van der Waals surface area contributed by atoms with E-state index in [0.29, 0.717) is 17.5 Å². The van der Waals surface area contributed by atoms with Crippen molar-refractivity contribution >= 4 is 11.6 Å². The maximum Gasteiger partial charge on any atom is 0.179 e. The van der Waals surface area contributed by atoms with E-state index in [4.69, 9.17) is 4.74 Å². The highest BCUT2D eigenvalue weighted by Gasteiger charge is 2.53. The van der Waals surface area contributed by atoms with E-state index in [-0.39, 0.29) is 17.4 Å². The molecule has 0 saturated carbocycles. The highest BCUT2D eigenvalue weighted by Crippen LogP contribution is 2.40. The van der Waals surface area contributed by atoms with Gasteiger partial charge in [0.25, 0.3) is 0 Å². The van der Waals surface area contributed by atoms with Crippen molar-refractivity contribution in [3.63, 3.8) is 0 Å². The molecular formula is C24H27FO3. The molecule has 0 atom stereocenters. The lowest BCUT2D eigenvalue weighted by Gasteiger charge is -2.43. The van der Waals surface area contributed by atoms with Gasteiger partial charge in [-0.3, -0.25) is 9.59 Å². The maximum atomic E-state index is 14.4. The molecule has 0 radical (unpaired) electrons. The van der Waals surface area contributed by atoms with E-state index in [1.807, 2.05) is 26.0 Å². The standard InChI is InChI=1S/C24H27FO3/c1-7-15-13-16(17-10-8-14(2)12-19(17)25)9-11-18(15)20-21(26)23(3,4)28-24(5,6)22(20)27/h8-13,20H,7H2,1-6H3. The summed E-state index contributed by atoms with van der Waals surface area (Å²) < 4.78 is 20.2. The van der Waals surface area contributed by atoms with Crippen molar-refractivity contribution in [3.8, 4) is 11.1 Å². The van der Waals surface area contributed by atoms with Crippen LogP contribution in [0.3, 0.4) is 0 Å². The third-order valence-corrected chi connectivity index (χ3v) is 5.49. The van der Waals surface area contributed by atoms with Crippen molar-refractivity contribution in [2.45, 2.75) is 65.1 Å². The van der Waals surface area contributed by atoms with E-state index in [9.17, 15) is 14.0 Å². The number of rotatable bonds is 3. The number of hydrogen-bond donors (Lipinski definition) is 0. The van der Waals surface area contributed by atoms with Crippen molar-refractivity contribution in [2.75, 3.05) is 0 Å². The van der Waals surface area contributed by atoms with Gasteiger partial charge in [-0.1, -0.05) is 37.3 Å². The Hall–Kier alpha value is -2.33. The number of carbonyl (C=O) groups is 2. The van der Waals surface area contributed by atoms with Crippen LogP contribution >= 0.6 is 0 Å². The van der Waals surface area contributed by atoms with E-state index in [1.54, 1.807) is 45.9 Å². The Morgan fingerprint density at radius 1 is 0.964 bits per heavy atom. The Morgan fingerprint density at radius 2 is 1.57 bits per heavy atom. The van der Waals surface area contributed by atoms with E-state index in [1.165, 1.54) is 6.07 Å². The summed E-state index contributed by atoms with van der Waals surface area (Å²) >= 11 is 0. The Labute approximate surface area is 165 Å². The minimum absolute atomic E-state index is 0.235. The number of halogens is 1. The number of ether oxygens (including phenoxy) is 1. The third kappa shape index (κ3) is 3.42. The van der Waals surface area contributed by atoms with Crippen LogP contribution < -0.4 is 0 Å². The van der Waals surface area contributed by atoms with Crippen LogP contribution in [0.5, 0.6) is 0 Å². The zero-order valence-corrected chi connectivity index (χ0v) is 17.4. The summed E-state index contributed by atoms with van der Waals surface area (Å²) in [7, 11) is 0. The van der Waals surface area contributed by atoms with Gasteiger partial charge in [-0.05, 0) is 69.4 Å². The molecule has 0 aliphatic carbocycles. The maximum absolute atomic E-state index is 14.4. The Kier molecular flexibility index (Phi) is 5.05. The normalized spacial score (nSPS) is 19.1. The molecule has 2 aromatic carbocycles. The van der Waals surface area contributed by atoms with Crippen LogP contribution in [0, 0.1) is 12.7 Å². The monoisotopic (exact) mass is 382 g/mol. The summed E-state index contributed by atoms with van der Waals surface area (Å²) in [6, 6.07) is 10.6. The number of hydrogen-bond acceptors (Lipinski definition) is 3. The second-order valence-corrected chi connectivity index (χ2v) is 8.53. The predicted molar refractivity (Wildman–Crippen MR) is 108 cm³/mol. The summed E-state index contributed by atoms with van der Waals surface area (Å²) in [5.74, 6) is -1.62. The molecule has 0 bridgehead atoms. The van der Waals surface area contributed by atoms with Gasteiger partial charge < -0.3 is 4.74 Å². The summed E-state index contributed by atoms with van der Waals surface area (Å²) in [6.45, 7) is 10.6. The molecule has 0 amide bonds. The minimum atomic E-state index is -1.05. The van der Waals surface area contributed by atoms with Gasteiger partial charge in [0.15, 0.2) is 11.6 Å². The molecule has 0 N–H and O–H groups in total. The molecule has 148 valence electrons. The number of ketones is 2. The number of aryl methyl sites for hydroxylation is 2. The van der Waals surface area contributed by atoms with Gasteiger partial charge in [0.1, 0.15) is 22.9 Å². The fourth-order valence-electron chi connectivity index (χ4n) is 4.05. The first-order valence-electron chi connectivity index (χ1n) is 9.66. The lowest BCUT2D eigenvalue weighted by atomic mass is 9.73. The number of Topliss-reactive ketones (excluding diaryl/α,β-unsaturated/α-hetero) is 2. The summed E-state index contributed by atoms with van der Waals surface area (Å²) in [5, 5.41) is 0. The second kappa shape index (κ2) is 6.93. The molecule has 1 aliphatic rings. The summed E-state index contributed by atoms with van der Waals surface area (Å²) in [5.41, 5.74) is 1.58. The van der Waals surface area contributed by atoms with Gasteiger partial charge in [-0.25, -0.2) is 4.39 Å². The zero-order valence-electron chi connectivity index (χ0n) is 17.4. The SMILES string of the molecule is CCc1cc(-c2ccc(C)cc2F)ccc1C1C(=O)C(C)(C)OC(C)(C)C1=O. The first-order chi connectivity index (χ1) is 13.0. The van der Waals surface area contributed by atoms with E-state index in [0.717, 1.165) is 16.7 Å². The van der Waals surface area contributed by atoms with Crippen molar-refractivity contribution in [2.24, 2.45) is 0 Å². The molecule has 0 aromatic heterocycles. The quantitative estimate of drug-likeness (QED) is 0.688. The Bertz CT molecular complexity index is 930. The first-order valence-corrected chi connectivity index (χ1v) is 9.66. The highest BCUT2D eigenvalue weighted by atomic mass is 19.1. The van der Waals surface area contributed by atoms with Crippen molar-refractivity contribution in [1.82, 2.24) is 0 Å². The lowest BCUT2D eigenvalue weighted by Crippen LogP contribution is -2.58. The van der Waals surface area contributed by atoms with Crippen LogP contribution in [0.25, 0.3) is 11.1 Å². The van der Waals surface area contributed by atoms with Gasteiger partial charge in [-0.2, -0.15) is 0 Å². The zero-order chi connectivity index (χ0) is 20.9. The van der Waals surface area contributed by atoms with Gasteiger partial charge in [-0.15, -0.1) is 0 Å². The number of carbonyl (C=O) groups excluding carboxylic acids is 2. The van der Waals surface area contributed by atoms with Gasteiger partial charge in [0, 0.05) is 5.56 Å². The van der Waals surface area contributed by atoms with Crippen molar-refractivity contribution < 1.29 is 18.7 Å². The molecule has 1 fully saturated rings. The van der Waals surface area contributed by atoms with Crippen LogP contribution in [0.1, 0.15) is 57.2 Å². The molecule has 3 nitrogen and oxygen atoms in total. The van der Waals surface area contributed by atoms with E-state index >= 15 is 0 Å². The molecule has 0 unspecified atom stereocenters. The fraction of sp³-hybridized carbons (Fsp3) is 0.417. The second-order valence-electron chi connectivity index (χ2n) is 8.53. The smallest absolute Gasteiger partial charge is 0.179 e. The summed E-state index contributed by atoms with van der Waals surface area (Å²) in [6.07, 6.45) is 0.634. The van der Waals surface area contributed by atoms with Crippen LogP contribution in [0.2, 0.25) is 0 Å². The average molecular weight is 382 g/mol.